The van der Waals surface area contributed by atoms with Crippen LogP contribution in [-0.4, -0.2) is 31.4 Å². The van der Waals surface area contributed by atoms with Crippen molar-refractivity contribution < 1.29 is 23.1 Å². The monoisotopic (exact) mass is 238 g/mol. The molecule has 0 spiro atoms. The highest BCUT2D eigenvalue weighted by molar-refractivity contribution is 7.54. The maximum Gasteiger partial charge on any atom is 0.341 e. The zero-order valence-electron chi connectivity index (χ0n) is 9.85. The molecule has 0 bridgehead atoms. The van der Waals surface area contributed by atoms with E-state index < -0.39 is 13.6 Å². The molecule has 0 radical (unpaired) electrons. The van der Waals surface area contributed by atoms with Crippen molar-refractivity contribution in [2.75, 3.05) is 13.3 Å². The Labute approximate surface area is 90.6 Å². The van der Waals surface area contributed by atoms with E-state index in [1.54, 1.807) is 27.7 Å². The Hall–Kier alpha value is -0.380. The molecule has 0 saturated carbocycles. The first-order valence-electron chi connectivity index (χ1n) is 4.81. The van der Waals surface area contributed by atoms with E-state index in [1.165, 1.54) is 7.11 Å². The highest BCUT2D eigenvalue weighted by Crippen LogP contribution is 2.48. The maximum absolute atomic E-state index is 11.8. The average molecular weight is 238 g/mol. The second-order valence-corrected chi connectivity index (χ2v) is 5.76. The molecule has 0 aliphatic heterocycles. The van der Waals surface area contributed by atoms with Crippen LogP contribution in [0.5, 0.6) is 0 Å². The van der Waals surface area contributed by atoms with Crippen LogP contribution < -0.4 is 0 Å². The molecule has 0 aromatic carbocycles. The summed E-state index contributed by atoms with van der Waals surface area (Å²) in [5.41, 5.74) is 0. The topological polar surface area (TPSA) is 61.8 Å². The third-order valence-corrected chi connectivity index (χ3v) is 3.28. The van der Waals surface area contributed by atoms with Crippen molar-refractivity contribution in [1.29, 1.82) is 0 Å². The summed E-state index contributed by atoms with van der Waals surface area (Å²) in [5.74, 6) is -0.573. The summed E-state index contributed by atoms with van der Waals surface area (Å²) >= 11 is 0. The van der Waals surface area contributed by atoms with E-state index in [-0.39, 0.29) is 18.4 Å². The van der Waals surface area contributed by atoms with Gasteiger partial charge < -0.3 is 13.8 Å². The summed E-state index contributed by atoms with van der Waals surface area (Å²) in [6.45, 7) is 6.89. The van der Waals surface area contributed by atoms with E-state index in [1.807, 2.05) is 0 Å². The third kappa shape index (κ3) is 6.66. The van der Waals surface area contributed by atoms with Gasteiger partial charge in [-0.2, -0.15) is 0 Å². The largest absolute Gasteiger partial charge is 0.462 e. The van der Waals surface area contributed by atoms with E-state index in [0.717, 1.165) is 0 Å². The summed E-state index contributed by atoms with van der Waals surface area (Å²) in [6, 6.07) is 0. The van der Waals surface area contributed by atoms with E-state index in [4.69, 9.17) is 13.8 Å². The molecule has 0 aromatic heterocycles. The van der Waals surface area contributed by atoms with Gasteiger partial charge in [-0.05, 0) is 27.7 Å². The molecule has 0 rings (SSSR count). The van der Waals surface area contributed by atoms with Crippen LogP contribution in [0.15, 0.2) is 0 Å². The van der Waals surface area contributed by atoms with Crippen LogP contribution in [0.3, 0.4) is 0 Å². The third-order valence-electron chi connectivity index (χ3n) is 1.34. The lowest BCUT2D eigenvalue weighted by atomic mass is 10.5. The van der Waals surface area contributed by atoms with Gasteiger partial charge in [-0.1, -0.05) is 0 Å². The molecule has 1 atom stereocenters. The number of hydrogen-bond donors (Lipinski definition) is 0. The molecule has 0 saturated heterocycles. The fourth-order valence-electron chi connectivity index (χ4n) is 0.924. The Kier molecular flexibility index (Phi) is 6.10. The number of rotatable bonds is 6. The molecular weight excluding hydrogens is 219 g/mol. The molecule has 1 unspecified atom stereocenters. The zero-order chi connectivity index (χ0) is 12.1. The van der Waals surface area contributed by atoms with Gasteiger partial charge in [-0.25, -0.2) is 0 Å². The first-order valence-corrected chi connectivity index (χ1v) is 6.54. The van der Waals surface area contributed by atoms with Crippen LogP contribution in [0.1, 0.15) is 27.7 Å². The number of hydrogen-bond acceptors (Lipinski definition) is 5. The molecule has 5 nitrogen and oxygen atoms in total. The highest BCUT2D eigenvalue weighted by atomic mass is 31.2. The minimum Gasteiger partial charge on any atom is -0.462 e. The lowest BCUT2D eigenvalue weighted by Gasteiger charge is -2.18. The summed E-state index contributed by atoms with van der Waals surface area (Å²) in [6.07, 6.45) is -0.843. The second kappa shape index (κ2) is 6.26. The van der Waals surface area contributed by atoms with E-state index in [9.17, 15) is 9.36 Å². The number of esters is 1. The van der Waals surface area contributed by atoms with Gasteiger partial charge in [0.15, 0.2) is 0 Å². The first-order chi connectivity index (χ1) is 6.79. The van der Waals surface area contributed by atoms with Gasteiger partial charge in [0.05, 0.1) is 12.2 Å². The van der Waals surface area contributed by atoms with Gasteiger partial charge in [0.25, 0.3) is 0 Å². The van der Waals surface area contributed by atoms with Crippen molar-refractivity contribution in [3.05, 3.63) is 0 Å². The number of ether oxygens (including phenoxy) is 1. The van der Waals surface area contributed by atoms with Crippen molar-refractivity contribution in [3.63, 3.8) is 0 Å². The minimum atomic E-state index is -3.34. The number of carbonyl (C=O) groups excluding carboxylic acids is 1. The Morgan fingerprint density at radius 3 is 2.07 bits per heavy atom. The normalized spacial score (nSPS) is 15.4. The van der Waals surface area contributed by atoms with Crippen molar-refractivity contribution in [2.45, 2.75) is 39.9 Å². The zero-order valence-corrected chi connectivity index (χ0v) is 10.7. The van der Waals surface area contributed by atoms with Gasteiger partial charge in [0, 0.05) is 7.11 Å². The van der Waals surface area contributed by atoms with Crippen molar-refractivity contribution in [1.82, 2.24) is 0 Å². The quantitative estimate of drug-likeness (QED) is 0.524. The Bertz CT molecular complexity index is 249. The Morgan fingerprint density at radius 2 is 1.73 bits per heavy atom. The van der Waals surface area contributed by atoms with Crippen molar-refractivity contribution in [2.24, 2.45) is 0 Å². The van der Waals surface area contributed by atoms with Crippen molar-refractivity contribution in [3.8, 4) is 0 Å². The first kappa shape index (κ1) is 14.6. The van der Waals surface area contributed by atoms with Gasteiger partial charge in [-0.3, -0.25) is 9.36 Å². The minimum absolute atomic E-state index is 0.234. The number of carbonyl (C=O) groups is 1. The van der Waals surface area contributed by atoms with E-state index in [0.29, 0.717) is 0 Å². The van der Waals surface area contributed by atoms with E-state index >= 15 is 0 Å². The summed E-state index contributed by atoms with van der Waals surface area (Å²) in [7, 11) is -2.09. The molecule has 0 fully saturated rings. The molecule has 15 heavy (non-hydrogen) atoms. The SMILES string of the molecule is COP(=O)(CC(=O)OC(C)C)OC(C)C. The van der Waals surface area contributed by atoms with Crippen LogP contribution in [0.25, 0.3) is 0 Å². The standard InChI is InChI=1S/C9H19O5P/c1-7(2)13-9(10)6-15(11,12-5)14-8(3)4/h7-8H,6H2,1-5H3. The lowest BCUT2D eigenvalue weighted by molar-refractivity contribution is -0.144. The van der Waals surface area contributed by atoms with Crippen LogP contribution in [0.4, 0.5) is 0 Å². The molecule has 90 valence electrons. The predicted octanol–water partition coefficient (Wildman–Crippen LogP) is 2.20. The van der Waals surface area contributed by atoms with E-state index in [2.05, 4.69) is 0 Å². The van der Waals surface area contributed by atoms with Crippen LogP contribution >= 0.6 is 7.60 Å². The molecular formula is C9H19O5P. The molecule has 0 amide bonds. The van der Waals surface area contributed by atoms with Gasteiger partial charge >= 0.3 is 13.6 Å². The maximum atomic E-state index is 11.8. The molecule has 0 N–H and O–H groups in total. The van der Waals surface area contributed by atoms with Gasteiger partial charge in [0.1, 0.15) is 6.16 Å². The van der Waals surface area contributed by atoms with Gasteiger partial charge in [0.2, 0.25) is 0 Å². The smallest absolute Gasteiger partial charge is 0.341 e. The summed E-state index contributed by atoms with van der Waals surface area (Å²) < 4.78 is 26.5. The predicted molar refractivity (Wildman–Crippen MR) is 56.9 cm³/mol. The molecule has 6 heteroatoms. The summed E-state index contributed by atoms with van der Waals surface area (Å²) in [5, 5.41) is 0. The fraction of sp³-hybridized carbons (Fsp3) is 0.889. The molecule has 0 heterocycles. The van der Waals surface area contributed by atoms with Crippen LogP contribution in [-0.2, 0) is 23.1 Å². The second-order valence-electron chi connectivity index (χ2n) is 3.64. The van der Waals surface area contributed by atoms with Crippen LogP contribution in [0.2, 0.25) is 0 Å². The highest BCUT2D eigenvalue weighted by Gasteiger charge is 2.29. The van der Waals surface area contributed by atoms with Crippen molar-refractivity contribution >= 4 is 13.6 Å². The Morgan fingerprint density at radius 1 is 1.20 bits per heavy atom. The summed E-state index contributed by atoms with van der Waals surface area (Å²) in [4.78, 5) is 11.3. The average Bonchev–Trinajstić information content (AvgIpc) is 2.00. The molecule has 0 aliphatic rings. The van der Waals surface area contributed by atoms with Gasteiger partial charge in [-0.15, -0.1) is 0 Å². The van der Waals surface area contributed by atoms with Crippen LogP contribution in [0, 0.1) is 0 Å². The Balaban J connectivity index is 4.31. The lowest BCUT2D eigenvalue weighted by Crippen LogP contribution is -2.17. The fourth-order valence-corrected chi connectivity index (χ4v) is 2.25. The molecule has 0 aromatic rings. The molecule has 0 aliphatic carbocycles.